The van der Waals surface area contributed by atoms with Crippen LogP contribution in [0.4, 0.5) is 26.1 Å². The van der Waals surface area contributed by atoms with Crippen LogP contribution in [-0.4, -0.2) is 34.1 Å². The topological polar surface area (TPSA) is 69.6 Å². The van der Waals surface area contributed by atoms with Gasteiger partial charge in [-0.25, -0.2) is 18.7 Å². The van der Waals surface area contributed by atoms with Crippen LogP contribution < -0.4 is 4.90 Å². The molecule has 8 nitrogen and oxygen atoms in total. The van der Waals surface area contributed by atoms with Gasteiger partial charge in [0.15, 0.2) is 11.6 Å². The summed E-state index contributed by atoms with van der Waals surface area (Å²) in [6.07, 6.45) is 8.82. The van der Waals surface area contributed by atoms with Crippen molar-refractivity contribution in [3.8, 4) is 16.8 Å². The summed E-state index contributed by atoms with van der Waals surface area (Å²) < 4.78 is 34.0. The number of fused-ring (bicyclic) bond motifs is 1. The van der Waals surface area contributed by atoms with E-state index in [0.29, 0.717) is 17.3 Å². The van der Waals surface area contributed by atoms with E-state index >= 15 is 4.39 Å². The minimum atomic E-state index is -0.728. The largest absolute Gasteiger partial charge is 0.295 e. The van der Waals surface area contributed by atoms with Crippen molar-refractivity contribution in [3.63, 3.8) is 0 Å². The highest BCUT2D eigenvalue weighted by atomic mass is 19.1. The Balaban J connectivity index is 1.52. The van der Waals surface area contributed by atoms with E-state index in [9.17, 15) is 4.39 Å². The van der Waals surface area contributed by atoms with E-state index in [1.54, 1.807) is 58.4 Å². The molecule has 10 heteroatoms. The van der Waals surface area contributed by atoms with Crippen LogP contribution in [0.3, 0.4) is 0 Å². The smallest absolute Gasteiger partial charge is 0.163 e. The zero-order valence-electron chi connectivity index (χ0n) is 19.4. The molecular weight excluding hydrogens is 462 g/mol. The van der Waals surface area contributed by atoms with Gasteiger partial charge in [-0.15, -0.1) is 0 Å². The van der Waals surface area contributed by atoms with Crippen molar-refractivity contribution in [1.29, 1.82) is 0 Å². The maximum atomic E-state index is 15.0. The van der Waals surface area contributed by atoms with Crippen molar-refractivity contribution >= 4 is 28.4 Å². The lowest BCUT2D eigenvalue weighted by molar-refractivity contribution is 0.583. The molecule has 0 unspecified atom stereocenters. The Morgan fingerprint density at radius 2 is 1.78 bits per heavy atom. The first kappa shape index (κ1) is 21.7. The van der Waals surface area contributed by atoms with Gasteiger partial charge in [0.1, 0.15) is 18.0 Å². The molecule has 6 rings (SSSR count). The van der Waals surface area contributed by atoms with Gasteiger partial charge in [0, 0.05) is 50.4 Å². The average Bonchev–Trinajstić information content (AvgIpc) is 3.60. The summed E-state index contributed by atoms with van der Waals surface area (Å²) in [5.41, 5.74) is 4.39. The van der Waals surface area contributed by atoms with Gasteiger partial charge in [-0.1, -0.05) is 6.07 Å². The molecule has 4 aromatic heterocycles. The standard InChI is InChI=1S/C26H20F2N8/c1-33-11-9-25(32-33)36(22-8-6-19(27)13-20(22)28)26-24(4-3-10-29-26)35-16-30-21-12-17(5-7-23(21)35)18-14-31-34(2)15-18/h3-16H,1-2H3. The van der Waals surface area contributed by atoms with Gasteiger partial charge in [0.2, 0.25) is 0 Å². The lowest BCUT2D eigenvalue weighted by Gasteiger charge is -2.24. The highest BCUT2D eigenvalue weighted by Gasteiger charge is 2.24. The number of pyridine rings is 1. The maximum Gasteiger partial charge on any atom is 0.163 e. The van der Waals surface area contributed by atoms with Crippen LogP contribution in [0.15, 0.2) is 85.7 Å². The lowest BCUT2D eigenvalue weighted by atomic mass is 10.1. The molecule has 0 spiro atoms. The maximum absolute atomic E-state index is 15.0. The SMILES string of the molecule is Cn1cc(-c2ccc3c(c2)ncn3-c2cccnc2N(c2ccn(C)n2)c2ccc(F)cc2F)cn1. The van der Waals surface area contributed by atoms with Crippen molar-refractivity contribution in [2.24, 2.45) is 14.1 Å². The second-order valence-electron chi connectivity index (χ2n) is 8.35. The van der Waals surface area contributed by atoms with E-state index < -0.39 is 11.6 Å². The third-order valence-electron chi connectivity index (χ3n) is 5.90. The van der Waals surface area contributed by atoms with Crippen molar-refractivity contribution in [2.45, 2.75) is 0 Å². The highest BCUT2D eigenvalue weighted by Crippen LogP contribution is 2.38. The quantitative estimate of drug-likeness (QED) is 0.333. The number of aryl methyl sites for hydroxylation is 2. The van der Waals surface area contributed by atoms with E-state index in [-0.39, 0.29) is 5.69 Å². The summed E-state index contributed by atoms with van der Waals surface area (Å²) in [6.45, 7) is 0. The molecule has 0 atom stereocenters. The summed E-state index contributed by atoms with van der Waals surface area (Å²) in [5.74, 6) is -0.541. The van der Waals surface area contributed by atoms with Crippen LogP contribution in [0.1, 0.15) is 0 Å². The second-order valence-corrected chi connectivity index (χ2v) is 8.35. The van der Waals surface area contributed by atoms with Crippen LogP contribution >= 0.6 is 0 Å². The fraction of sp³-hybridized carbons (Fsp3) is 0.0769. The van der Waals surface area contributed by atoms with Crippen LogP contribution in [0.2, 0.25) is 0 Å². The number of hydrogen-bond acceptors (Lipinski definition) is 5. The number of nitrogens with zero attached hydrogens (tertiary/aromatic N) is 8. The summed E-state index contributed by atoms with van der Waals surface area (Å²) in [6, 6.07) is 14.8. The molecule has 0 fully saturated rings. The third-order valence-corrected chi connectivity index (χ3v) is 5.90. The fourth-order valence-corrected chi connectivity index (χ4v) is 4.23. The predicted molar refractivity (Wildman–Crippen MR) is 132 cm³/mol. The van der Waals surface area contributed by atoms with Crippen molar-refractivity contribution in [3.05, 3.63) is 97.3 Å². The zero-order valence-corrected chi connectivity index (χ0v) is 19.4. The molecule has 2 aromatic carbocycles. The van der Waals surface area contributed by atoms with Crippen LogP contribution in [-0.2, 0) is 14.1 Å². The molecule has 0 saturated carbocycles. The van der Waals surface area contributed by atoms with E-state index in [1.807, 2.05) is 42.1 Å². The Morgan fingerprint density at radius 3 is 2.53 bits per heavy atom. The van der Waals surface area contributed by atoms with Gasteiger partial charge in [-0.3, -0.25) is 18.8 Å². The molecule has 178 valence electrons. The third kappa shape index (κ3) is 3.68. The van der Waals surface area contributed by atoms with Crippen LogP contribution in [0, 0.1) is 11.6 Å². The lowest BCUT2D eigenvalue weighted by Crippen LogP contribution is -2.16. The Labute approximate surface area is 204 Å². The average molecular weight is 482 g/mol. The summed E-state index contributed by atoms with van der Waals surface area (Å²) >= 11 is 0. The number of anilines is 3. The molecule has 0 aliphatic rings. The molecule has 6 aromatic rings. The van der Waals surface area contributed by atoms with E-state index in [0.717, 1.165) is 28.2 Å². The van der Waals surface area contributed by atoms with Crippen LogP contribution in [0.5, 0.6) is 0 Å². The Bertz CT molecular complexity index is 1710. The molecule has 0 amide bonds. The molecule has 0 N–H and O–H groups in total. The Hall–Kier alpha value is -4.86. The molecule has 0 bridgehead atoms. The zero-order chi connectivity index (χ0) is 24.8. The Morgan fingerprint density at radius 1 is 0.889 bits per heavy atom. The number of aromatic nitrogens is 7. The van der Waals surface area contributed by atoms with E-state index in [2.05, 4.69) is 20.2 Å². The van der Waals surface area contributed by atoms with E-state index in [1.165, 1.54) is 12.1 Å². The normalized spacial score (nSPS) is 11.3. The summed E-state index contributed by atoms with van der Waals surface area (Å²) in [7, 11) is 3.64. The summed E-state index contributed by atoms with van der Waals surface area (Å²) in [4.78, 5) is 10.8. The number of imidazole rings is 1. The van der Waals surface area contributed by atoms with Crippen LogP contribution in [0.25, 0.3) is 27.8 Å². The van der Waals surface area contributed by atoms with Gasteiger partial charge >= 0.3 is 0 Å². The molecule has 0 saturated heterocycles. The number of rotatable bonds is 5. The van der Waals surface area contributed by atoms with Crippen molar-refractivity contribution in [1.82, 2.24) is 34.1 Å². The number of halogens is 2. The fourth-order valence-electron chi connectivity index (χ4n) is 4.23. The summed E-state index contributed by atoms with van der Waals surface area (Å²) in [5, 5.41) is 8.71. The molecule has 0 radical (unpaired) electrons. The first-order valence-electron chi connectivity index (χ1n) is 11.1. The minimum Gasteiger partial charge on any atom is -0.295 e. The van der Waals surface area contributed by atoms with E-state index in [4.69, 9.17) is 0 Å². The molecule has 4 heterocycles. The second kappa shape index (κ2) is 8.42. The van der Waals surface area contributed by atoms with Gasteiger partial charge in [-0.05, 0) is 42.0 Å². The first-order valence-corrected chi connectivity index (χ1v) is 11.1. The van der Waals surface area contributed by atoms with Gasteiger partial charge in [0.05, 0.1) is 28.6 Å². The number of benzene rings is 2. The molecular formula is C26H20F2N8. The molecule has 36 heavy (non-hydrogen) atoms. The number of hydrogen-bond donors (Lipinski definition) is 0. The van der Waals surface area contributed by atoms with Gasteiger partial charge in [0.25, 0.3) is 0 Å². The molecule has 0 aliphatic heterocycles. The predicted octanol–water partition coefficient (Wildman–Crippen LogP) is 5.30. The first-order chi connectivity index (χ1) is 17.5. The van der Waals surface area contributed by atoms with Gasteiger partial charge in [-0.2, -0.15) is 10.2 Å². The van der Waals surface area contributed by atoms with Crippen molar-refractivity contribution in [2.75, 3.05) is 4.90 Å². The molecule has 0 aliphatic carbocycles. The van der Waals surface area contributed by atoms with Gasteiger partial charge < -0.3 is 0 Å². The minimum absolute atomic E-state index is 0.123. The Kier molecular flexibility index (Phi) is 5.06. The monoisotopic (exact) mass is 482 g/mol. The van der Waals surface area contributed by atoms with Crippen molar-refractivity contribution < 1.29 is 8.78 Å². The highest BCUT2D eigenvalue weighted by molar-refractivity contribution is 5.85.